The van der Waals surface area contributed by atoms with Gasteiger partial charge in [-0.1, -0.05) is 167 Å². The van der Waals surface area contributed by atoms with Crippen molar-refractivity contribution < 1.29 is 21.1 Å². The first-order valence-electron chi connectivity index (χ1n) is 23.0. The molecule has 0 N–H and O–H groups in total. The number of allylic oxidation sites excluding steroid dienone is 1. The molecule has 1 aliphatic heterocycles. The van der Waals surface area contributed by atoms with Gasteiger partial charge in [0.2, 0.25) is 0 Å². The van der Waals surface area contributed by atoms with E-state index in [1.54, 1.807) is 0 Å². The first kappa shape index (κ1) is 46.6. The van der Waals surface area contributed by atoms with Gasteiger partial charge in [-0.05, 0) is 98.1 Å². The van der Waals surface area contributed by atoms with E-state index in [1.165, 1.54) is 38.9 Å². The zero-order valence-corrected chi connectivity index (χ0v) is 42.8. The molecule has 6 heteroatoms. The molecule has 0 aliphatic carbocycles. The Morgan fingerprint density at radius 3 is 1.83 bits per heavy atom. The van der Waals surface area contributed by atoms with Crippen molar-refractivity contribution in [2.45, 2.75) is 99.3 Å². The molecule has 0 fully saturated rings. The quantitative estimate of drug-likeness (QED) is 0.149. The average Bonchev–Trinajstić information content (AvgIpc) is 3.87. The second-order valence-corrected chi connectivity index (χ2v) is 21.7. The molecular weight excluding hydrogens is 986 g/mol. The maximum Gasteiger partial charge on any atom is 0.135 e. The van der Waals surface area contributed by atoms with Gasteiger partial charge in [0, 0.05) is 55.3 Å². The minimum atomic E-state index is -0.171. The van der Waals surface area contributed by atoms with E-state index in [-0.39, 0.29) is 42.7 Å². The van der Waals surface area contributed by atoms with E-state index in [0.29, 0.717) is 0 Å². The fraction of sp³-hybridized carbons (Fsp3) is 0.267. The molecule has 3 heterocycles. The molecule has 0 saturated heterocycles. The summed E-state index contributed by atoms with van der Waals surface area (Å²) in [5.41, 5.74) is 14.1. The molecule has 0 atom stereocenters. The van der Waals surface area contributed by atoms with Gasteiger partial charge in [0.1, 0.15) is 5.82 Å². The van der Waals surface area contributed by atoms with Crippen molar-refractivity contribution in [2.24, 2.45) is 5.41 Å². The number of nitrogens with zero attached hydrogens (tertiary/aromatic N) is 5. The molecule has 0 saturated carbocycles. The predicted molar refractivity (Wildman–Crippen MR) is 276 cm³/mol. The molecule has 2 aromatic heterocycles. The molecule has 0 amide bonds. The van der Waals surface area contributed by atoms with Crippen LogP contribution >= 0.6 is 0 Å². The van der Waals surface area contributed by atoms with Gasteiger partial charge in [-0.2, -0.15) is 12.1 Å². The Labute approximate surface area is 408 Å². The van der Waals surface area contributed by atoms with E-state index < -0.39 is 0 Å². The van der Waals surface area contributed by atoms with Crippen molar-refractivity contribution in [3.63, 3.8) is 0 Å². The topological polar surface area (TPSA) is 27.5 Å². The Kier molecular flexibility index (Phi) is 12.3. The number of aromatic nitrogens is 2. The molecule has 1 aliphatic rings. The minimum Gasteiger partial charge on any atom is -0.497 e. The summed E-state index contributed by atoms with van der Waals surface area (Å²) < 4.78 is 2.31. The van der Waals surface area contributed by atoms with E-state index in [0.717, 1.165) is 50.7 Å². The van der Waals surface area contributed by atoms with E-state index in [9.17, 15) is 0 Å². The third-order valence-corrected chi connectivity index (χ3v) is 12.6. The van der Waals surface area contributed by atoms with Gasteiger partial charge in [-0.25, -0.2) is 4.98 Å². The molecule has 340 valence electrons. The van der Waals surface area contributed by atoms with Crippen LogP contribution < -0.4 is 14.7 Å². The maximum absolute atomic E-state index is 5.03. The molecule has 0 bridgehead atoms. The number of hydrogen-bond donors (Lipinski definition) is 0. The monoisotopic (exact) mass is 1050 g/mol. The average molecular weight is 1050 g/mol. The maximum atomic E-state index is 5.03. The molecule has 0 unspecified atom stereocenters. The Hall–Kier alpha value is -5.90. The van der Waals surface area contributed by atoms with Gasteiger partial charge in [-0.15, -0.1) is 48.1 Å². The smallest absolute Gasteiger partial charge is 0.135 e. The van der Waals surface area contributed by atoms with Crippen LogP contribution in [0.4, 0.5) is 28.4 Å². The largest absolute Gasteiger partial charge is 0.497 e. The van der Waals surface area contributed by atoms with Crippen molar-refractivity contribution >= 4 is 50.2 Å². The molecule has 66 heavy (non-hydrogen) atoms. The summed E-state index contributed by atoms with van der Waals surface area (Å²) in [6.07, 6.45) is 4.24. The normalized spacial score (nSPS) is 13.6. The first-order valence-corrected chi connectivity index (χ1v) is 23.0. The minimum absolute atomic E-state index is 0. The van der Waals surface area contributed by atoms with Crippen LogP contribution in [0.3, 0.4) is 0 Å². The Balaban J connectivity index is 0.00000592. The van der Waals surface area contributed by atoms with Crippen molar-refractivity contribution in [1.82, 2.24) is 9.55 Å². The molecule has 5 nitrogen and oxygen atoms in total. The van der Waals surface area contributed by atoms with Crippen LogP contribution in [-0.2, 0) is 37.3 Å². The standard InChI is InChI=1S/C60H62N5.Pt/c1-57(2,3)43-26-28-51-52-29-27-49(38-54(52)65(53(51)35-43)56-36-44(30-31-61-56)58(4,5)6)64(46-22-17-14-18-23-46)48-25-19-24-47(37-48)63-40-62(39-55(63)60(10,11)12)50-33-42(41-20-15-13-16-21-41)32-45(34-50)59(7,8)9;/h13-36,39-40H,1-12H3;/q-3;. The fourth-order valence-electron chi connectivity index (χ4n) is 8.77. The van der Waals surface area contributed by atoms with Gasteiger partial charge in [-0.3, -0.25) is 0 Å². The van der Waals surface area contributed by atoms with Crippen LogP contribution in [0.15, 0.2) is 158 Å². The van der Waals surface area contributed by atoms with Crippen LogP contribution in [0.1, 0.15) is 99.8 Å². The van der Waals surface area contributed by atoms with Gasteiger partial charge in [0.15, 0.2) is 0 Å². The SMILES string of the molecule is CC(C)(C)C1=CN(c2cc(-c3ccccc3)cc(C(C)(C)C)c2)[CH-]N1c1[c-]c(N(c2[c-]c3c(cc2)c2ccc(C(C)(C)C)cc2n3-c2cc(C(C)(C)C)ccn2)c2ccccc2)ccc1.[Pt]. The van der Waals surface area contributed by atoms with E-state index in [2.05, 4.69) is 267 Å². The number of anilines is 5. The summed E-state index contributed by atoms with van der Waals surface area (Å²) in [6.45, 7) is 29.5. The Morgan fingerprint density at radius 1 is 0.530 bits per heavy atom. The van der Waals surface area contributed by atoms with Crippen molar-refractivity contribution in [2.75, 3.05) is 14.7 Å². The molecule has 0 radical (unpaired) electrons. The number of rotatable bonds is 7. The van der Waals surface area contributed by atoms with Gasteiger partial charge in [0.25, 0.3) is 0 Å². The van der Waals surface area contributed by atoms with Crippen molar-refractivity contribution in [1.29, 1.82) is 0 Å². The summed E-state index contributed by atoms with van der Waals surface area (Å²) in [5, 5.41) is 2.31. The zero-order chi connectivity index (χ0) is 46.1. The second-order valence-electron chi connectivity index (χ2n) is 21.7. The molecule has 6 aromatic carbocycles. The van der Waals surface area contributed by atoms with Gasteiger partial charge >= 0.3 is 0 Å². The van der Waals surface area contributed by atoms with Crippen LogP contribution in [0.25, 0.3) is 38.8 Å². The van der Waals surface area contributed by atoms with Crippen molar-refractivity contribution in [3.05, 3.63) is 193 Å². The number of fused-ring (bicyclic) bond motifs is 3. The number of benzene rings is 6. The molecule has 8 aromatic rings. The predicted octanol–water partition coefficient (Wildman–Crippen LogP) is 16.1. The molecule has 0 spiro atoms. The Bertz CT molecular complexity index is 3060. The first-order chi connectivity index (χ1) is 30.7. The summed E-state index contributed by atoms with van der Waals surface area (Å²) in [6, 6.07) is 58.3. The van der Waals surface area contributed by atoms with Crippen LogP contribution in [0.2, 0.25) is 0 Å². The van der Waals surface area contributed by atoms with Crippen LogP contribution in [-0.4, -0.2) is 9.55 Å². The second kappa shape index (κ2) is 17.4. The summed E-state index contributed by atoms with van der Waals surface area (Å²) in [7, 11) is 0. The summed E-state index contributed by atoms with van der Waals surface area (Å²) in [5.74, 6) is 0.885. The summed E-state index contributed by atoms with van der Waals surface area (Å²) >= 11 is 0. The Morgan fingerprint density at radius 2 is 1.17 bits per heavy atom. The molecule has 9 rings (SSSR count). The van der Waals surface area contributed by atoms with Crippen LogP contribution in [0, 0.1) is 24.2 Å². The third kappa shape index (κ3) is 9.12. The van der Waals surface area contributed by atoms with Gasteiger partial charge in [0.05, 0.1) is 0 Å². The molecular formula is C60H62N5Pt-3. The fourth-order valence-corrected chi connectivity index (χ4v) is 8.77. The van der Waals surface area contributed by atoms with Gasteiger partial charge < -0.3 is 19.3 Å². The summed E-state index contributed by atoms with van der Waals surface area (Å²) in [4.78, 5) is 11.9. The van der Waals surface area contributed by atoms with E-state index in [4.69, 9.17) is 4.98 Å². The van der Waals surface area contributed by atoms with E-state index >= 15 is 0 Å². The number of hydrogen-bond acceptors (Lipinski definition) is 4. The van der Waals surface area contributed by atoms with E-state index in [1.807, 2.05) is 6.20 Å². The number of pyridine rings is 1. The third-order valence-electron chi connectivity index (χ3n) is 12.6. The van der Waals surface area contributed by atoms with Crippen LogP contribution in [0.5, 0.6) is 0 Å². The zero-order valence-electron chi connectivity index (χ0n) is 40.6. The number of para-hydroxylation sites is 1. The van der Waals surface area contributed by atoms with Crippen molar-refractivity contribution in [3.8, 4) is 16.9 Å².